The van der Waals surface area contributed by atoms with Gasteiger partial charge in [-0.25, -0.2) is 0 Å². The van der Waals surface area contributed by atoms with Crippen LogP contribution >= 0.6 is 0 Å². The average molecular weight is 229 g/mol. The van der Waals surface area contributed by atoms with E-state index >= 15 is 0 Å². The molecule has 0 amide bonds. The Hall–Kier alpha value is -0.910. The second-order valence-electron chi connectivity index (χ2n) is 3.53. The molecule has 0 unspecified atom stereocenters. The molecule has 0 radical (unpaired) electrons. The molecule has 1 aromatic rings. The largest absolute Gasteiger partial charge is 0.327 e. The van der Waals surface area contributed by atoms with E-state index < -0.39 is 16.2 Å². The van der Waals surface area contributed by atoms with Crippen molar-refractivity contribution in [3.63, 3.8) is 0 Å². The van der Waals surface area contributed by atoms with Gasteiger partial charge in [0.25, 0.3) is 10.1 Å². The van der Waals surface area contributed by atoms with Crippen LogP contribution in [0.5, 0.6) is 0 Å². The maximum Gasteiger partial charge on any atom is 0.266 e. The van der Waals surface area contributed by atoms with Gasteiger partial charge < -0.3 is 5.73 Å². The highest BCUT2D eigenvalue weighted by Gasteiger charge is 2.12. The van der Waals surface area contributed by atoms with Gasteiger partial charge >= 0.3 is 0 Å². The maximum atomic E-state index is 10.5. The Bertz CT molecular complexity index is 388. The van der Waals surface area contributed by atoms with E-state index in [4.69, 9.17) is 10.3 Å². The lowest BCUT2D eigenvalue weighted by atomic mass is 10.1. The summed E-state index contributed by atoms with van der Waals surface area (Å²) in [5.74, 6) is -0.375. The predicted octanol–water partition coefficient (Wildman–Crippen LogP) is 0.834. The summed E-state index contributed by atoms with van der Waals surface area (Å²) in [6.45, 7) is 0. The molecular weight excluding hydrogens is 214 g/mol. The first-order chi connectivity index (χ1) is 6.97. The highest BCUT2D eigenvalue weighted by atomic mass is 32.2. The van der Waals surface area contributed by atoms with Crippen molar-refractivity contribution in [3.05, 3.63) is 35.9 Å². The fourth-order valence-electron chi connectivity index (χ4n) is 1.35. The van der Waals surface area contributed by atoms with Gasteiger partial charge in [-0.3, -0.25) is 4.55 Å². The van der Waals surface area contributed by atoms with Gasteiger partial charge in [0.05, 0.1) is 5.75 Å². The Labute approximate surface area is 89.9 Å². The lowest BCUT2D eigenvalue weighted by molar-refractivity contribution is 0.474. The highest BCUT2D eigenvalue weighted by molar-refractivity contribution is 7.85. The Kier molecular flexibility index (Phi) is 4.26. The first-order valence-corrected chi connectivity index (χ1v) is 6.33. The summed E-state index contributed by atoms with van der Waals surface area (Å²) in [5, 5.41) is 0. The van der Waals surface area contributed by atoms with Crippen LogP contribution in [0.25, 0.3) is 0 Å². The average Bonchev–Trinajstić information content (AvgIpc) is 2.14. The minimum atomic E-state index is -3.95. The second kappa shape index (κ2) is 5.25. The highest BCUT2D eigenvalue weighted by Crippen LogP contribution is 2.04. The van der Waals surface area contributed by atoms with E-state index in [1.165, 1.54) is 0 Å². The molecule has 0 fully saturated rings. The van der Waals surface area contributed by atoms with Crippen molar-refractivity contribution in [3.8, 4) is 0 Å². The Morgan fingerprint density at radius 1 is 1.27 bits per heavy atom. The Morgan fingerprint density at radius 3 is 2.40 bits per heavy atom. The molecule has 0 aliphatic rings. The van der Waals surface area contributed by atoms with Crippen LogP contribution in [-0.4, -0.2) is 24.8 Å². The summed E-state index contributed by atoms with van der Waals surface area (Å²) in [4.78, 5) is 0. The number of aryl methyl sites for hydroxylation is 1. The van der Waals surface area contributed by atoms with E-state index in [1.807, 2.05) is 30.3 Å². The standard InChI is InChI=1S/C10H15NO3S/c11-10(8-15(12,13)14)7-6-9-4-2-1-3-5-9/h1-5,10H,6-8,11H2,(H,12,13,14)/t10-/m1/s1. The first kappa shape index (κ1) is 12.2. The van der Waals surface area contributed by atoms with Crippen LogP contribution in [0.2, 0.25) is 0 Å². The third kappa shape index (κ3) is 5.51. The smallest absolute Gasteiger partial charge is 0.266 e. The lowest BCUT2D eigenvalue weighted by Crippen LogP contribution is -2.29. The SMILES string of the molecule is N[C@H](CCc1ccccc1)CS(=O)(=O)O. The maximum absolute atomic E-state index is 10.5. The van der Waals surface area contributed by atoms with Crippen LogP contribution in [0.3, 0.4) is 0 Å². The van der Waals surface area contributed by atoms with Crippen molar-refractivity contribution in [1.29, 1.82) is 0 Å². The molecule has 1 atom stereocenters. The van der Waals surface area contributed by atoms with E-state index in [-0.39, 0.29) is 5.75 Å². The molecule has 84 valence electrons. The summed E-state index contributed by atoms with van der Waals surface area (Å²) in [6.07, 6.45) is 1.27. The minimum Gasteiger partial charge on any atom is -0.327 e. The van der Waals surface area contributed by atoms with Crippen LogP contribution in [-0.2, 0) is 16.5 Å². The van der Waals surface area contributed by atoms with Crippen LogP contribution < -0.4 is 5.73 Å². The first-order valence-electron chi connectivity index (χ1n) is 4.72. The van der Waals surface area contributed by atoms with Gasteiger partial charge in [0.1, 0.15) is 0 Å². The number of benzene rings is 1. The summed E-state index contributed by atoms with van der Waals surface area (Å²) < 4.78 is 29.6. The molecule has 0 bridgehead atoms. The number of hydrogen-bond donors (Lipinski definition) is 2. The molecule has 0 aliphatic carbocycles. The molecule has 3 N–H and O–H groups in total. The molecule has 0 saturated heterocycles. The lowest BCUT2D eigenvalue weighted by Gasteiger charge is -2.08. The summed E-state index contributed by atoms with van der Waals surface area (Å²) in [5.41, 5.74) is 6.68. The van der Waals surface area contributed by atoms with Gasteiger partial charge in [-0.15, -0.1) is 0 Å². The molecule has 1 aromatic carbocycles. The van der Waals surface area contributed by atoms with Gasteiger partial charge in [0, 0.05) is 6.04 Å². The summed E-state index contributed by atoms with van der Waals surface area (Å²) >= 11 is 0. The third-order valence-electron chi connectivity index (χ3n) is 2.07. The van der Waals surface area contributed by atoms with Crippen molar-refractivity contribution in [2.24, 2.45) is 5.73 Å². The number of rotatable bonds is 5. The van der Waals surface area contributed by atoms with Crippen LogP contribution in [0.15, 0.2) is 30.3 Å². The zero-order chi connectivity index (χ0) is 11.3. The van der Waals surface area contributed by atoms with Gasteiger partial charge in [0.15, 0.2) is 0 Å². The molecule has 0 heterocycles. The van der Waals surface area contributed by atoms with Gasteiger partial charge in [0.2, 0.25) is 0 Å². The van der Waals surface area contributed by atoms with Crippen molar-refractivity contribution in [2.45, 2.75) is 18.9 Å². The van der Waals surface area contributed by atoms with E-state index in [2.05, 4.69) is 0 Å². The van der Waals surface area contributed by atoms with E-state index in [9.17, 15) is 8.42 Å². The Balaban J connectivity index is 2.38. The summed E-state index contributed by atoms with van der Waals surface area (Å²) in [7, 11) is -3.95. The van der Waals surface area contributed by atoms with E-state index in [0.717, 1.165) is 12.0 Å². The van der Waals surface area contributed by atoms with E-state index in [1.54, 1.807) is 0 Å². The zero-order valence-corrected chi connectivity index (χ0v) is 9.15. The zero-order valence-electron chi connectivity index (χ0n) is 8.33. The van der Waals surface area contributed by atoms with Gasteiger partial charge in [-0.2, -0.15) is 8.42 Å². The van der Waals surface area contributed by atoms with Crippen molar-refractivity contribution in [2.75, 3.05) is 5.75 Å². The van der Waals surface area contributed by atoms with Crippen LogP contribution in [0.1, 0.15) is 12.0 Å². The fourth-order valence-corrected chi connectivity index (χ4v) is 2.06. The molecule has 15 heavy (non-hydrogen) atoms. The molecule has 1 rings (SSSR count). The number of nitrogens with two attached hydrogens (primary N) is 1. The van der Waals surface area contributed by atoms with Crippen molar-refractivity contribution < 1.29 is 13.0 Å². The van der Waals surface area contributed by atoms with E-state index in [0.29, 0.717) is 6.42 Å². The van der Waals surface area contributed by atoms with Gasteiger partial charge in [-0.05, 0) is 18.4 Å². The predicted molar refractivity (Wildman–Crippen MR) is 59.2 cm³/mol. The molecule has 0 aromatic heterocycles. The Morgan fingerprint density at radius 2 is 1.87 bits per heavy atom. The molecule has 0 spiro atoms. The molecule has 0 aliphatic heterocycles. The minimum absolute atomic E-state index is 0.375. The topological polar surface area (TPSA) is 80.4 Å². The quantitative estimate of drug-likeness (QED) is 0.733. The molecule has 0 saturated carbocycles. The van der Waals surface area contributed by atoms with Crippen molar-refractivity contribution in [1.82, 2.24) is 0 Å². The molecule has 5 heteroatoms. The number of hydrogen-bond acceptors (Lipinski definition) is 3. The summed E-state index contributed by atoms with van der Waals surface area (Å²) in [6, 6.07) is 9.16. The molecular formula is C10H15NO3S. The van der Waals surface area contributed by atoms with Crippen molar-refractivity contribution >= 4 is 10.1 Å². The second-order valence-corrected chi connectivity index (χ2v) is 5.03. The normalized spacial score (nSPS) is 13.7. The van der Waals surface area contributed by atoms with Gasteiger partial charge in [-0.1, -0.05) is 30.3 Å². The van der Waals surface area contributed by atoms with Crippen LogP contribution in [0.4, 0.5) is 0 Å². The fraction of sp³-hybridized carbons (Fsp3) is 0.400. The monoisotopic (exact) mass is 229 g/mol. The molecule has 4 nitrogen and oxygen atoms in total. The third-order valence-corrected chi connectivity index (χ3v) is 2.92. The van der Waals surface area contributed by atoms with Crippen LogP contribution in [0, 0.1) is 0 Å².